The monoisotopic (exact) mass is 292 g/mol. The van der Waals surface area contributed by atoms with Crippen molar-refractivity contribution in [2.45, 2.75) is 12.8 Å². The fraction of sp³-hybridized carbons (Fsp3) is 0.455. The van der Waals surface area contributed by atoms with E-state index in [0.717, 1.165) is 0 Å². The number of unbranched alkanes of at least 4 members (excludes halogenated alkanes) is 1. The van der Waals surface area contributed by atoms with Crippen molar-refractivity contribution in [1.82, 2.24) is 0 Å². The van der Waals surface area contributed by atoms with Crippen molar-refractivity contribution in [3.05, 3.63) is 23.2 Å². The lowest BCUT2D eigenvalue weighted by atomic mass is 10.3. The van der Waals surface area contributed by atoms with Crippen LogP contribution in [0.25, 0.3) is 0 Å². The summed E-state index contributed by atoms with van der Waals surface area (Å²) in [5.41, 5.74) is 5.74. The van der Waals surface area contributed by atoms with Crippen LogP contribution >= 0.6 is 11.6 Å². The molecule has 0 radical (unpaired) electrons. The number of sulfonamides is 1. The van der Waals surface area contributed by atoms with Crippen molar-refractivity contribution in [1.29, 1.82) is 0 Å². The lowest BCUT2D eigenvalue weighted by Gasteiger charge is -2.09. The Labute approximate surface area is 112 Å². The van der Waals surface area contributed by atoms with Crippen molar-refractivity contribution in [3.63, 3.8) is 0 Å². The fourth-order valence-corrected chi connectivity index (χ4v) is 2.83. The third kappa shape index (κ3) is 4.72. The largest absolute Gasteiger partial charge is 0.495 e. The van der Waals surface area contributed by atoms with E-state index in [1.807, 2.05) is 0 Å². The molecule has 0 atom stereocenters. The quantitative estimate of drug-likeness (QED) is 0.751. The average molecular weight is 293 g/mol. The first-order chi connectivity index (χ1) is 8.48. The van der Waals surface area contributed by atoms with E-state index in [1.54, 1.807) is 12.1 Å². The van der Waals surface area contributed by atoms with Crippen LogP contribution in [0.3, 0.4) is 0 Å². The van der Waals surface area contributed by atoms with Crippen molar-refractivity contribution >= 4 is 27.3 Å². The summed E-state index contributed by atoms with van der Waals surface area (Å²) in [5, 5.41) is 0.361. The second-order valence-electron chi connectivity index (χ2n) is 3.77. The van der Waals surface area contributed by atoms with Crippen LogP contribution in [0.4, 0.5) is 5.69 Å². The molecule has 0 fully saturated rings. The van der Waals surface area contributed by atoms with Crippen LogP contribution in [-0.2, 0) is 10.0 Å². The first-order valence-corrected chi connectivity index (χ1v) is 7.55. The first kappa shape index (κ1) is 15.1. The number of benzene rings is 1. The van der Waals surface area contributed by atoms with Crippen LogP contribution in [0.2, 0.25) is 5.02 Å². The molecule has 1 aromatic carbocycles. The van der Waals surface area contributed by atoms with Crippen molar-refractivity contribution in [2.75, 3.05) is 24.1 Å². The van der Waals surface area contributed by atoms with Gasteiger partial charge in [0.2, 0.25) is 10.0 Å². The Morgan fingerprint density at radius 3 is 2.67 bits per heavy atom. The van der Waals surface area contributed by atoms with Gasteiger partial charge in [0, 0.05) is 0 Å². The molecule has 0 bridgehead atoms. The Morgan fingerprint density at radius 2 is 2.11 bits per heavy atom. The second kappa shape index (κ2) is 6.82. The van der Waals surface area contributed by atoms with Crippen LogP contribution in [0.5, 0.6) is 5.75 Å². The van der Waals surface area contributed by atoms with Crippen LogP contribution in [0.15, 0.2) is 18.2 Å². The predicted molar refractivity (Wildman–Crippen MR) is 73.7 cm³/mol. The van der Waals surface area contributed by atoms with Crippen LogP contribution in [0, 0.1) is 0 Å². The number of methoxy groups -OCH3 is 1. The van der Waals surface area contributed by atoms with Crippen molar-refractivity contribution in [3.8, 4) is 5.75 Å². The highest BCUT2D eigenvalue weighted by atomic mass is 35.5. The van der Waals surface area contributed by atoms with Gasteiger partial charge in [-0.3, -0.25) is 4.72 Å². The zero-order valence-corrected chi connectivity index (χ0v) is 11.7. The molecule has 1 aromatic rings. The molecule has 0 aliphatic carbocycles. The van der Waals surface area contributed by atoms with Gasteiger partial charge in [0.1, 0.15) is 5.75 Å². The van der Waals surface area contributed by atoms with E-state index in [9.17, 15) is 8.42 Å². The van der Waals surface area contributed by atoms with E-state index in [-0.39, 0.29) is 5.75 Å². The summed E-state index contributed by atoms with van der Waals surface area (Å²) >= 11 is 5.91. The summed E-state index contributed by atoms with van der Waals surface area (Å²) in [6, 6.07) is 4.73. The van der Waals surface area contributed by atoms with E-state index in [0.29, 0.717) is 35.8 Å². The first-order valence-electron chi connectivity index (χ1n) is 5.52. The molecule has 0 saturated carbocycles. The molecule has 0 amide bonds. The molecular formula is C11H17ClN2O3S. The highest BCUT2D eigenvalue weighted by Gasteiger charge is 2.11. The third-order valence-corrected chi connectivity index (χ3v) is 3.96. The molecule has 0 heterocycles. The van der Waals surface area contributed by atoms with Gasteiger partial charge in [0.25, 0.3) is 0 Å². The van der Waals surface area contributed by atoms with Crippen LogP contribution in [-0.4, -0.2) is 27.8 Å². The minimum atomic E-state index is -3.35. The molecule has 5 nitrogen and oxygen atoms in total. The Bertz CT molecular complexity index is 491. The van der Waals surface area contributed by atoms with Gasteiger partial charge in [-0.15, -0.1) is 0 Å². The average Bonchev–Trinajstić information content (AvgIpc) is 2.29. The SMILES string of the molecule is COc1ccc(NS(=O)(=O)CCCCN)cc1Cl. The molecule has 1 rings (SSSR count). The topological polar surface area (TPSA) is 81.4 Å². The van der Waals surface area contributed by atoms with Gasteiger partial charge < -0.3 is 10.5 Å². The molecule has 0 spiro atoms. The molecule has 0 aromatic heterocycles. The summed E-state index contributed by atoms with van der Waals surface area (Å²) in [4.78, 5) is 0. The molecule has 0 aliphatic heterocycles. The maximum atomic E-state index is 11.7. The summed E-state index contributed by atoms with van der Waals surface area (Å²) in [5.74, 6) is 0.552. The van der Waals surface area contributed by atoms with Gasteiger partial charge in [-0.05, 0) is 37.6 Å². The van der Waals surface area contributed by atoms with E-state index >= 15 is 0 Å². The van der Waals surface area contributed by atoms with Gasteiger partial charge in [-0.1, -0.05) is 11.6 Å². The van der Waals surface area contributed by atoms with Crippen LogP contribution < -0.4 is 15.2 Å². The molecule has 7 heteroatoms. The second-order valence-corrected chi connectivity index (χ2v) is 6.02. The van der Waals surface area contributed by atoms with Crippen molar-refractivity contribution < 1.29 is 13.2 Å². The standard InChI is InChI=1S/C11H17ClN2O3S/c1-17-11-5-4-9(8-10(11)12)14-18(15,16)7-3-2-6-13/h4-5,8,14H,2-3,6-7,13H2,1H3. The van der Waals surface area contributed by atoms with E-state index < -0.39 is 10.0 Å². The molecular weight excluding hydrogens is 276 g/mol. The van der Waals surface area contributed by atoms with Gasteiger partial charge in [-0.25, -0.2) is 8.42 Å². The minimum absolute atomic E-state index is 0.0495. The van der Waals surface area contributed by atoms with Gasteiger partial charge in [-0.2, -0.15) is 0 Å². The van der Waals surface area contributed by atoms with Gasteiger partial charge in [0.15, 0.2) is 0 Å². The minimum Gasteiger partial charge on any atom is -0.495 e. The molecule has 3 N–H and O–H groups in total. The zero-order valence-electron chi connectivity index (χ0n) is 10.1. The number of nitrogens with two attached hydrogens (primary N) is 1. The Hall–Kier alpha value is -0.980. The van der Waals surface area contributed by atoms with E-state index in [2.05, 4.69) is 4.72 Å². The zero-order chi connectivity index (χ0) is 13.6. The molecule has 0 aliphatic rings. The maximum absolute atomic E-state index is 11.7. The Morgan fingerprint density at radius 1 is 1.39 bits per heavy atom. The number of hydrogen-bond donors (Lipinski definition) is 2. The number of ether oxygens (including phenoxy) is 1. The lowest BCUT2D eigenvalue weighted by Crippen LogP contribution is -2.17. The number of hydrogen-bond acceptors (Lipinski definition) is 4. The van der Waals surface area contributed by atoms with E-state index in [4.69, 9.17) is 22.1 Å². The highest BCUT2D eigenvalue weighted by Crippen LogP contribution is 2.27. The van der Waals surface area contributed by atoms with E-state index in [1.165, 1.54) is 13.2 Å². The van der Waals surface area contributed by atoms with Crippen molar-refractivity contribution in [2.24, 2.45) is 5.73 Å². The number of rotatable bonds is 7. The maximum Gasteiger partial charge on any atom is 0.232 e. The lowest BCUT2D eigenvalue weighted by molar-refractivity contribution is 0.415. The highest BCUT2D eigenvalue weighted by molar-refractivity contribution is 7.92. The van der Waals surface area contributed by atoms with Gasteiger partial charge in [0.05, 0.1) is 23.6 Å². The Balaban J connectivity index is 2.69. The number of halogens is 1. The summed E-state index contributed by atoms with van der Waals surface area (Å²) < 4.78 is 30.9. The molecule has 0 unspecified atom stereocenters. The third-order valence-electron chi connectivity index (χ3n) is 2.29. The summed E-state index contributed by atoms with van der Waals surface area (Å²) in [7, 11) is -1.85. The normalized spacial score (nSPS) is 11.3. The molecule has 102 valence electrons. The summed E-state index contributed by atoms with van der Waals surface area (Å²) in [6.07, 6.45) is 1.22. The predicted octanol–water partition coefficient (Wildman–Crippen LogP) is 1.83. The van der Waals surface area contributed by atoms with Crippen LogP contribution in [0.1, 0.15) is 12.8 Å². The Kier molecular flexibility index (Phi) is 5.71. The smallest absolute Gasteiger partial charge is 0.232 e. The number of anilines is 1. The molecule has 18 heavy (non-hydrogen) atoms. The summed E-state index contributed by atoms with van der Waals surface area (Å²) in [6.45, 7) is 0.490. The fourth-order valence-electron chi connectivity index (χ4n) is 1.40. The number of nitrogens with one attached hydrogen (secondary N) is 1. The van der Waals surface area contributed by atoms with Gasteiger partial charge >= 0.3 is 0 Å². The molecule has 0 saturated heterocycles.